The Labute approximate surface area is 85.1 Å². The Morgan fingerprint density at radius 1 is 1.43 bits per heavy atom. The maximum Gasteiger partial charge on any atom is 0.0720 e. The van der Waals surface area contributed by atoms with Crippen LogP contribution in [0.5, 0.6) is 0 Å². The Balaban J connectivity index is 2.44. The van der Waals surface area contributed by atoms with Gasteiger partial charge in [-0.2, -0.15) is 0 Å². The average Bonchev–Trinajstić information content (AvgIpc) is 2.30. The molecule has 0 saturated heterocycles. The zero-order chi connectivity index (χ0) is 10.1. The van der Waals surface area contributed by atoms with Crippen molar-refractivity contribution in [1.82, 2.24) is 0 Å². The van der Waals surface area contributed by atoms with Crippen LogP contribution in [0.15, 0.2) is 18.2 Å². The highest BCUT2D eigenvalue weighted by atomic mass is 16.5. The molecule has 2 nitrogen and oxygen atoms in total. The molecular formula is C12H17NO. The summed E-state index contributed by atoms with van der Waals surface area (Å²) in [7, 11) is 0. The van der Waals surface area contributed by atoms with E-state index in [1.807, 2.05) is 0 Å². The first-order valence-corrected chi connectivity index (χ1v) is 5.11. The van der Waals surface area contributed by atoms with Crippen molar-refractivity contribution in [2.75, 3.05) is 6.61 Å². The van der Waals surface area contributed by atoms with Crippen LogP contribution in [0.4, 0.5) is 0 Å². The molecule has 2 N–H and O–H groups in total. The van der Waals surface area contributed by atoms with E-state index in [2.05, 4.69) is 32.0 Å². The van der Waals surface area contributed by atoms with Crippen molar-refractivity contribution >= 4 is 0 Å². The largest absolute Gasteiger partial charge is 0.376 e. The number of benzene rings is 1. The molecule has 0 radical (unpaired) electrons. The van der Waals surface area contributed by atoms with E-state index in [-0.39, 0.29) is 6.04 Å². The van der Waals surface area contributed by atoms with Gasteiger partial charge in [0.05, 0.1) is 13.2 Å². The molecule has 1 aromatic rings. The third-order valence-corrected chi connectivity index (χ3v) is 2.91. The molecule has 1 heterocycles. The Bertz CT molecular complexity index is 335. The van der Waals surface area contributed by atoms with Gasteiger partial charge in [-0.15, -0.1) is 0 Å². The predicted octanol–water partition coefficient (Wildman–Crippen LogP) is 2.16. The van der Waals surface area contributed by atoms with Gasteiger partial charge >= 0.3 is 0 Å². The van der Waals surface area contributed by atoms with Gasteiger partial charge < -0.3 is 10.5 Å². The number of hydrogen-bond donors (Lipinski definition) is 1. The van der Waals surface area contributed by atoms with Crippen LogP contribution in [-0.2, 0) is 11.3 Å². The number of hydrogen-bond acceptors (Lipinski definition) is 2. The lowest BCUT2D eigenvalue weighted by Gasteiger charge is -2.18. The van der Waals surface area contributed by atoms with Gasteiger partial charge in [-0.1, -0.05) is 30.7 Å². The van der Waals surface area contributed by atoms with Crippen molar-refractivity contribution in [1.29, 1.82) is 0 Å². The molecule has 2 atom stereocenters. The minimum Gasteiger partial charge on any atom is -0.376 e. The Kier molecular flexibility index (Phi) is 2.57. The molecule has 2 heteroatoms. The summed E-state index contributed by atoms with van der Waals surface area (Å²) in [5.41, 5.74) is 9.95. The average molecular weight is 191 g/mol. The molecule has 76 valence electrons. The summed E-state index contributed by atoms with van der Waals surface area (Å²) in [4.78, 5) is 0. The molecule has 0 bridgehead atoms. The van der Waals surface area contributed by atoms with Crippen molar-refractivity contribution in [3.8, 4) is 0 Å². The van der Waals surface area contributed by atoms with Crippen LogP contribution in [0, 0.1) is 12.8 Å². The third kappa shape index (κ3) is 1.68. The minimum atomic E-state index is 0.118. The van der Waals surface area contributed by atoms with E-state index in [1.165, 1.54) is 16.7 Å². The normalized spacial score (nSPS) is 26.8. The van der Waals surface area contributed by atoms with Crippen molar-refractivity contribution in [2.24, 2.45) is 11.7 Å². The second-order valence-corrected chi connectivity index (χ2v) is 4.22. The molecular weight excluding hydrogens is 174 g/mol. The van der Waals surface area contributed by atoms with Gasteiger partial charge in [0, 0.05) is 6.04 Å². The van der Waals surface area contributed by atoms with E-state index in [0.29, 0.717) is 12.5 Å². The standard InChI is InChI=1S/C12H17NO/c1-8-3-4-10-7-14-6-9(2)12(13)11(10)5-8/h3-5,9,12H,6-7,13H2,1-2H3/t9-,12+/m0/s1. The molecule has 0 spiro atoms. The van der Waals surface area contributed by atoms with Gasteiger partial charge in [-0.3, -0.25) is 0 Å². The highest BCUT2D eigenvalue weighted by molar-refractivity contribution is 5.34. The summed E-state index contributed by atoms with van der Waals surface area (Å²) in [6, 6.07) is 6.55. The first-order valence-electron chi connectivity index (χ1n) is 5.11. The molecule has 0 fully saturated rings. The van der Waals surface area contributed by atoms with Crippen molar-refractivity contribution in [3.63, 3.8) is 0 Å². The van der Waals surface area contributed by atoms with E-state index in [9.17, 15) is 0 Å². The van der Waals surface area contributed by atoms with E-state index < -0.39 is 0 Å². The molecule has 0 unspecified atom stereocenters. The number of fused-ring (bicyclic) bond motifs is 1. The first-order chi connectivity index (χ1) is 6.68. The predicted molar refractivity (Wildman–Crippen MR) is 56.9 cm³/mol. The van der Waals surface area contributed by atoms with Crippen molar-refractivity contribution in [3.05, 3.63) is 34.9 Å². The molecule has 0 aliphatic carbocycles. The van der Waals surface area contributed by atoms with Gasteiger partial charge in [0.1, 0.15) is 0 Å². The summed E-state index contributed by atoms with van der Waals surface area (Å²) in [5, 5.41) is 0. The van der Waals surface area contributed by atoms with Crippen molar-refractivity contribution < 1.29 is 4.74 Å². The molecule has 0 amide bonds. The highest BCUT2D eigenvalue weighted by Gasteiger charge is 2.21. The Morgan fingerprint density at radius 2 is 2.21 bits per heavy atom. The fraction of sp³-hybridized carbons (Fsp3) is 0.500. The molecule has 2 rings (SSSR count). The van der Waals surface area contributed by atoms with Crippen LogP contribution >= 0.6 is 0 Å². The van der Waals surface area contributed by atoms with Gasteiger partial charge in [-0.25, -0.2) is 0 Å². The number of rotatable bonds is 0. The first kappa shape index (κ1) is 9.69. The fourth-order valence-corrected chi connectivity index (χ4v) is 1.92. The van der Waals surface area contributed by atoms with Crippen LogP contribution in [-0.4, -0.2) is 6.61 Å². The second-order valence-electron chi connectivity index (χ2n) is 4.22. The van der Waals surface area contributed by atoms with Crippen LogP contribution in [0.2, 0.25) is 0 Å². The summed E-state index contributed by atoms with van der Waals surface area (Å²) in [6.07, 6.45) is 0. The van der Waals surface area contributed by atoms with Crippen LogP contribution in [0.3, 0.4) is 0 Å². The zero-order valence-corrected chi connectivity index (χ0v) is 8.79. The van der Waals surface area contributed by atoms with Crippen LogP contribution in [0.25, 0.3) is 0 Å². The fourth-order valence-electron chi connectivity index (χ4n) is 1.92. The second kappa shape index (κ2) is 3.71. The van der Waals surface area contributed by atoms with Gasteiger partial charge in [-0.05, 0) is 24.0 Å². The molecule has 0 aromatic heterocycles. The summed E-state index contributed by atoms with van der Waals surface area (Å²) < 4.78 is 5.56. The summed E-state index contributed by atoms with van der Waals surface area (Å²) in [6.45, 7) is 5.70. The lowest BCUT2D eigenvalue weighted by molar-refractivity contribution is 0.0941. The molecule has 1 aliphatic heterocycles. The van der Waals surface area contributed by atoms with Gasteiger partial charge in [0.25, 0.3) is 0 Å². The summed E-state index contributed by atoms with van der Waals surface area (Å²) in [5.74, 6) is 0.401. The number of aryl methyl sites for hydroxylation is 1. The quantitative estimate of drug-likeness (QED) is 0.682. The lowest BCUT2D eigenvalue weighted by atomic mass is 9.92. The van der Waals surface area contributed by atoms with Gasteiger partial charge in [0.15, 0.2) is 0 Å². The van der Waals surface area contributed by atoms with E-state index >= 15 is 0 Å². The molecule has 0 saturated carbocycles. The topological polar surface area (TPSA) is 35.2 Å². The number of ether oxygens (including phenoxy) is 1. The van der Waals surface area contributed by atoms with Gasteiger partial charge in [0.2, 0.25) is 0 Å². The Hall–Kier alpha value is -0.860. The Morgan fingerprint density at radius 3 is 3.00 bits per heavy atom. The SMILES string of the molecule is Cc1ccc2c(c1)[C@H](N)[C@@H](C)COC2. The van der Waals surface area contributed by atoms with Crippen molar-refractivity contribution in [2.45, 2.75) is 26.5 Å². The molecule has 1 aliphatic rings. The molecule has 14 heavy (non-hydrogen) atoms. The molecule has 1 aromatic carbocycles. The van der Waals surface area contributed by atoms with Crippen LogP contribution in [0.1, 0.15) is 29.7 Å². The lowest BCUT2D eigenvalue weighted by Crippen LogP contribution is -2.21. The monoisotopic (exact) mass is 191 g/mol. The number of nitrogens with two attached hydrogens (primary N) is 1. The zero-order valence-electron chi connectivity index (χ0n) is 8.79. The smallest absolute Gasteiger partial charge is 0.0720 e. The van der Waals surface area contributed by atoms with E-state index in [4.69, 9.17) is 10.5 Å². The third-order valence-electron chi connectivity index (χ3n) is 2.91. The van der Waals surface area contributed by atoms with E-state index in [1.54, 1.807) is 0 Å². The highest BCUT2D eigenvalue weighted by Crippen LogP contribution is 2.28. The van der Waals surface area contributed by atoms with Crippen LogP contribution < -0.4 is 5.73 Å². The maximum atomic E-state index is 6.18. The maximum absolute atomic E-state index is 6.18. The minimum absolute atomic E-state index is 0.118. The van der Waals surface area contributed by atoms with E-state index in [0.717, 1.165) is 6.61 Å². The summed E-state index contributed by atoms with van der Waals surface area (Å²) >= 11 is 0.